The summed E-state index contributed by atoms with van der Waals surface area (Å²) >= 11 is 0. The minimum Gasteiger partial charge on any atom is -0.393 e. The summed E-state index contributed by atoms with van der Waals surface area (Å²) in [5.41, 5.74) is 2.46. The van der Waals surface area contributed by atoms with Crippen molar-refractivity contribution in [2.24, 2.45) is 28.6 Å². The molecule has 0 spiro atoms. The Bertz CT molecular complexity index is 574. The van der Waals surface area contributed by atoms with Crippen LogP contribution in [0.3, 0.4) is 0 Å². The highest BCUT2D eigenvalue weighted by Gasteiger charge is 2.58. The van der Waals surface area contributed by atoms with Gasteiger partial charge in [0.2, 0.25) is 0 Å². The number of carbonyl (C=O) groups is 1. The van der Waals surface area contributed by atoms with E-state index in [0.717, 1.165) is 37.2 Å². The molecule has 22 heavy (non-hydrogen) atoms. The SMILES string of the molecule is C=C1C[C@@]2(C)C(=CC1=O)CC[C@@H]1[C@H]3CC[C@H](O)[C@@]3(C)CC[C@H]12. The average Bonchev–Trinajstić information content (AvgIpc) is 2.77. The van der Waals surface area contributed by atoms with Crippen molar-refractivity contribution >= 4 is 5.78 Å². The fourth-order valence-corrected chi connectivity index (χ4v) is 6.57. The second kappa shape index (κ2) is 4.56. The van der Waals surface area contributed by atoms with E-state index in [0.29, 0.717) is 11.8 Å². The Morgan fingerprint density at radius 3 is 2.73 bits per heavy atom. The van der Waals surface area contributed by atoms with Gasteiger partial charge in [-0.1, -0.05) is 26.0 Å². The topological polar surface area (TPSA) is 37.3 Å². The highest BCUT2D eigenvalue weighted by Crippen LogP contribution is 2.65. The number of carbonyl (C=O) groups excluding carboxylic acids is 1. The largest absolute Gasteiger partial charge is 0.393 e. The predicted octanol–water partition coefficient (Wildman–Crippen LogP) is 4.05. The zero-order valence-corrected chi connectivity index (χ0v) is 13.9. The zero-order chi connectivity index (χ0) is 15.7. The second-order valence-corrected chi connectivity index (χ2v) is 8.78. The summed E-state index contributed by atoms with van der Waals surface area (Å²) in [5.74, 6) is 2.22. The summed E-state index contributed by atoms with van der Waals surface area (Å²) in [6.45, 7) is 8.73. The van der Waals surface area contributed by atoms with Crippen molar-refractivity contribution in [3.8, 4) is 0 Å². The second-order valence-electron chi connectivity index (χ2n) is 8.78. The third-order valence-electron chi connectivity index (χ3n) is 7.92. The van der Waals surface area contributed by atoms with Crippen molar-refractivity contribution in [3.63, 3.8) is 0 Å². The molecule has 1 N–H and O–H groups in total. The van der Waals surface area contributed by atoms with Crippen LogP contribution >= 0.6 is 0 Å². The number of aliphatic hydroxyl groups excluding tert-OH is 1. The van der Waals surface area contributed by atoms with Crippen molar-refractivity contribution in [3.05, 3.63) is 23.8 Å². The predicted molar refractivity (Wildman–Crippen MR) is 87.2 cm³/mol. The Kier molecular flexibility index (Phi) is 3.05. The van der Waals surface area contributed by atoms with Crippen LogP contribution in [-0.4, -0.2) is 17.0 Å². The standard InChI is InChI=1S/C20H28O2/c1-12-11-20(3)13(10-17(12)21)4-5-14-15-6-7-18(22)19(15,2)9-8-16(14)20/h10,14-16,18,22H,1,4-9,11H2,2-3H3/t14-,15-,16-,18+,19+,20+/m1/s1. The van der Waals surface area contributed by atoms with Gasteiger partial charge in [0.15, 0.2) is 5.78 Å². The van der Waals surface area contributed by atoms with Gasteiger partial charge in [0.05, 0.1) is 6.10 Å². The van der Waals surface area contributed by atoms with Gasteiger partial charge in [0.1, 0.15) is 0 Å². The summed E-state index contributed by atoms with van der Waals surface area (Å²) < 4.78 is 0. The van der Waals surface area contributed by atoms with Crippen LogP contribution in [0.5, 0.6) is 0 Å². The Hall–Kier alpha value is -0.890. The van der Waals surface area contributed by atoms with Crippen molar-refractivity contribution in [2.75, 3.05) is 0 Å². The van der Waals surface area contributed by atoms with Crippen LogP contribution < -0.4 is 0 Å². The third-order valence-corrected chi connectivity index (χ3v) is 7.92. The smallest absolute Gasteiger partial charge is 0.181 e. The van der Waals surface area contributed by atoms with Gasteiger partial charge < -0.3 is 5.11 Å². The summed E-state index contributed by atoms with van der Waals surface area (Å²) in [7, 11) is 0. The van der Waals surface area contributed by atoms with E-state index >= 15 is 0 Å². The molecule has 0 aromatic heterocycles. The fourth-order valence-electron chi connectivity index (χ4n) is 6.57. The Morgan fingerprint density at radius 1 is 1.18 bits per heavy atom. The highest BCUT2D eigenvalue weighted by molar-refractivity contribution is 6.05. The molecule has 2 heteroatoms. The summed E-state index contributed by atoms with van der Waals surface area (Å²) in [4.78, 5) is 12.0. The Balaban J connectivity index is 1.71. The number of fused-ring (bicyclic) bond motifs is 5. The minimum atomic E-state index is -0.105. The maximum absolute atomic E-state index is 12.0. The molecule has 2 nitrogen and oxygen atoms in total. The lowest BCUT2D eigenvalue weighted by Crippen LogP contribution is -2.51. The number of ketones is 1. The van der Waals surface area contributed by atoms with E-state index in [-0.39, 0.29) is 22.7 Å². The number of aliphatic hydroxyl groups is 1. The molecule has 0 aromatic rings. The number of hydrogen-bond acceptors (Lipinski definition) is 2. The molecule has 0 amide bonds. The van der Waals surface area contributed by atoms with Crippen LogP contribution in [0.15, 0.2) is 23.8 Å². The number of hydrogen-bond donors (Lipinski definition) is 1. The number of allylic oxidation sites excluding steroid dienone is 2. The summed E-state index contributed by atoms with van der Waals surface area (Å²) in [6.07, 6.45) is 9.43. The Morgan fingerprint density at radius 2 is 1.95 bits per heavy atom. The first-order valence-corrected chi connectivity index (χ1v) is 8.97. The van der Waals surface area contributed by atoms with E-state index in [1.807, 2.05) is 6.08 Å². The maximum Gasteiger partial charge on any atom is 0.181 e. The van der Waals surface area contributed by atoms with Crippen LogP contribution in [0.1, 0.15) is 58.8 Å². The van der Waals surface area contributed by atoms with Crippen LogP contribution in [0.4, 0.5) is 0 Å². The quantitative estimate of drug-likeness (QED) is 0.685. The molecule has 4 aliphatic rings. The van der Waals surface area contributed by atoms with Crippen molar-refractivity contribution in [2.45, 2.75) is 64.9 Å². The van der Waals surface area contributed by atoms with Gasteiger partial charge in [-0.2, -0.15) is 0 Å². The van der Waals surface area contributed by atoms with Gasteiger partial charge in [0.25, 0.3) is 0 Å². The lowest BCUT2D eigenvalue weighted by Gasteiger charge is -2.57. The van der Waals surface area contributed by atoms with Crippen LogP contribution in [0, 0.1) is 28.6 Å². The van der Waals surface area contributed by atoms with Gasteiger partial charge in [-0.3, -0.25) is 4.79 Å². The first-order valence-electron chi connectivity index (χ1n) is 8.97. The zero-order valence-electron chi connectivity index (χ0n) is 13.9. The number of rotatable bonds is 0. The van der Waals surface area contributed by atoms with Crippen molar-refractivity contribution in [1.82, 2.24) is 0 Å². The molecule has 3 saturated carbocycles. The summed E-state index contributed by atoms with van der Waals surface area (Å²) in [5, 5.41) is 10.5. The maximum atomic E-state index is 12.0. The molecule has 0 aromatic carbocycles. The normalized spacial score (nSPS) is 51.0. The minimum absolute atomic E-state index is 0.105. The van der Waals surface area contributed by atoms with Gasteiger partial charge in [-0.05, 0) is 85.2 Å². The molecule has 0 unspecified atom stereocenters. The first kappa shape index (κ1) is 14.7. The molecule has 6 atom stereocenters. The van der Waals surface area contributed by atoms with E-state index < -0.39 is 0 Å². The van der Waals surface area contributed by atoms with E-state index in [1.165, 1.54) is 24.8 Å². The molecule has 0 heterocycles. The first-order chi connectivity index (χ1) is 10.4. The van der Waals surface area contributed by atoms with Crippen molar-refractivity contribution < 1.29 is 9.90 Å². The molecule has 0 aliphatic heterocycles. The molecule has 0 bridgehead atoms. The van der Waals surface area contributed by atoms with Gasteiger partial charge in [0, 0.05) is 0 Å². The third kappa shape index (κ3) is 1.73. The summed E-state index contributed by atoms with van der Waals surface area (Å²) in [6, 6.07) is 0. The average molecular weight is 300 g/mol. The van der Waals surface area contributed by atoms with Gasteiger partial charge >= 0.3 is 0 Å². The fraction of sp³-hybridized carbons (Fsp3) is 0.750. The molecule has 0 radical (unpaired) electrons. The van der Waals surface area contributed by atoms with Gasteiger partial charge in [-0.15, -0.1) is 0 Å². The van der Waals surface area contributed by atoms with E-state index in [1.54, 1.807) is 0 Å². The van der Waals surface area contributed by atoms with Crippen LogP contribution in [0.2, 0.25) is 0 Å². The van der Waals surface area contributed by atoms with E-state index in [2.05, 4.69) is 20.4 Å². The van der Waals surface area contributed by atoms with E-state index in [4.69, 9.17) is 0 Å². The van der Waals surface area contributed by atoms with Crippen LogP contribution in [-0.2, 0) is 4.79 Å². The van der Waals surface area contributed by atoms with Gasteiger partial charge in [-0.25, -0.2) is 0 Å². The molecule has 3 fully saturated rings. The lowest BCUT2D eigenvalue weighted by molar-refractivity contribution is -0.113. The molecular formula is C20H28O2. The monoisotopic (exact) mass is 300 g/mol. The molecular weight excluding hydrogens is 272 g/mol. The Labute approximate surface area is 133 Å². The highest BCUT2D eigenvalue weighted by atomic mass is 16.3. The molecule has 4 aliphatic carbocycles. The molecule has 120 valence electrons. The van der Waals surface area contributed by atoms with Crippen LogP contribution in [0.25, 0.3) is 0 Å². The molecule has 4 rings (SSSR count). The van der Waals surface area contributed by atoms with E-state index in [9.17, 15) is 9.90 Å². The molecule has 0 saturated heterocycles. The lowest BCUT2D eigenvalue weighted by atomic mass is 9.47. The van der Waals surface area contributed by atoms with Crippen molar-refractivity contribution in [1.29, 1.82) is 0 Å².